The lowest BCUT2D eigenvalue weighted by molar-refractivity contribution is 0.0985. The molecule has 1 fully saturated rings. The van der Waals surface area contributed by atoms with Gasteiger partial charge in [-0.05, 0) is 54.9 Å². The van der Waals surface area contributed by atoms with Crippen LogP contribution >= 0.6 is 0 Å². The lowest BCUT2D eigenvalue weighted by atomic mass is 9.73. The van der Waals surface area contributed by atoms with Crippen LogP contribution in [0.1, 0.15) is 51.8 Å². The predicted molar refractivity (Wildman–Crippen MR) is 136 cm³/mol. The molecule has 9 heteroatoms. The lowest BCUT2D eigenvalue weighted by Gasteiger charge is -2.42. The number of carbonyl (C=O) groups excluding carboxylic acids is 1. The van der Waals surface area contributed by atoms with E-state index in [-0.39, 0.29) is 28.9 Å². The minimum atomic E-state index is -0.269. The number of nitrogen functional groups attached to an aromatic ring is 2. The van der Waals surface area contributed by atoms with Crippen molar-refractivity contribution in [3.63, 3.8) is 0 Å². The number of anilines is 4. The van der Waals surface area contributed by atoms with Crippen molar-refractivity contribution in [1.29, 1.82) is 0 Å². The number of piperidine rings is 1. The number of carbonyl (C=O) groups is 1. The van der Waals surface area contributed by atoms with Crippen molar-refractivity contribution in [1.82, 2.24) is 15.0 Å². The molecule has 0 radical (unpaired) electrons. The summed E-state index contributed by atoms with van der Waals surface area (Å²) < 4.78 is 0. The van der Waals surface area contributed by atoms with Crippen LogP contribution in [0.25, 0.3) is 0 Å². The molecule has 1 aromatic carbocycles. The number of nitrogens with two attached hydrogens (primary N) is 3. The zero-order chi connectivity index (χ0) is 24.3. The van der Waals surface area contributed by atoms with Gasteiger partial charge in [-0.2, -0.15) is 0 Å². The number of hydrogen-bond donors (Lipinski definition) is 3. The van der Waals surface area contributed by atoms with E-state index in [9.17, 15) is 4.79 Å². The third kappa shape index (κ3) is 3.49. The van der Waals surface area contributed by atoms with E-state index in [1.165, 1.54) is 16.7 Å². The first-order valence-electron chi connectivity index (χ1n) is 12.1. The molecule has 0 bridgehead atoms. The van der Waals surface area contributed by atoms with Crippen molar-refractivity contribution in [2.45, 2.75) is 38.6 Å². The van der Waals surface area contributed by atoms with Crippen LogP contribution in [0.5, 0.6) is 0 Å². The summed E-state index contributed by atoms with van der Waals surface area (Å²) in [5, 5.41) is 0. The third-order valence-electron chi connectivity index (χ3n) is 7.99. The minimum Gasteiger partial charge on any atom is -0.384 e. The molecule has 1 atom stereocenters. The second-order valence-corrected chi connectivity index (χ2v) is 10.1. The molecule has 1 spiro atoms. The molecule has 1 unspecified atom stereocenters. The topological polar surface area (TPSA) is 140 Å². The van der Waals surface area contributed by atoms with Gasteiger partial charge in [0.1, 0.15) is 11.6 Å². The normalized spacial score (nSPS) is 20.2. The van der Waals surface area contributed by atoms with Crippen LogP contribution in [0.4, 0.5) is 23.1 Å². The fraction of sp³-hybridized carbons (Fsp3) is 0.385. The summed E-state index contributed by atoms with van der Waals surface area (Å²) in [5.41, 5.74) is 24.5. The molecule has 4 heterocycles. The predicted octanol–water partition coefficient (Wildman–Crippen LogP) is 2.39. The molecule has 1 amide bonds. The van der Waals surface area contributed by atoms with E-state index in [1.807, 2.05) is 6.07 Å². The van der Waals surface area contributed by atoms with E-state index in [2.05, 4.69) is 45.0 Å². The van der Waals surface area contributed by atoms with Crippen LogP contribution in [0.15, 0.2) is 36.5 Å². The fourth-order valence-corrected chi connectivity index (χ4v) is 5.98. The zero-order valence-corrected chi connectivity index (χ0v) is 19.9. The van der Waals surface area contributed by atoms with Crippen LogP contribution in [-0.2, 0) is 12.8 Å². The Hall–Kier alpha value is -3.72. The van der Waals surface area contributed by atoms with Gasteiger partial charge in [0.05, 0.1) is 17.6 Å². The minimum absolute atomic E-state index is 0.0591. The SMILES string of the molecule is Cc1ccc2c(c1)C(N)C1(CCN(c3cnc(C(=O)N4CCc5nc(N)ccc54)c(N)n3)CC1)C2. The van der Waals surface area contributed by atoms with Crippen LogP contribution in [0.3, 0.4) is 0 Å². The first-order valence-corrected chi connectivity index (χ1v) is 12.1. The third-order valence-corrected chi connectivity index (χ3v) is 7.99. The summed E-state index contributed by atoms with van der Waals surface area (Å²) in [4.78, 5) is 30.4. The molecule has 2 aromatic heterocycles. The smallest absolute Gasteiger partial charge is 0.280 e. The van der Waals surface area contributed by atoms with E-state index in [4.69, 9.17) is 17.2 Å². The highest BCUT2D eigenvalue weighted by Crippen LogP contribution is 2.51. The van der Waals surface area contributed by atoms with Gasteiger partial charge in [0.2, 0.25) is 0 Å². The molecule has 180 valence electrons. The van der Waals surface area contributed by atoms with Gasteiger partial charge < -0.3 is 27.0 Å². The summed E-state index contributed by atoms with van der Waals surface area (Å²) in [6.07, 6.45) is 5.29. The highest BCUT2D eigenvalue weighted by molar-refractivity contribution is 6.08. The number of aryl methyl sites for hydroxylation is 1. The number of fused-ring (bicyclic) bond motifs is 2. The number of nitrogens with zero attached hydrogens (tertiary/aromatic N) is 5. The van der Waals surface area contributed by atoms with Gasteiger partial charge in [0.15, 0.2) is 11.5 Å². The standard InChI is InChI=1S/C26H30N8O/c1-15-2-3-16-13-26(23(28)17(16)12-15)7-10-33(11-8-26)21-14-30-22(24(29)32-21)25(35)34-9-6-18-19(34)4-5-20(27)31-18/h2-5,12,14,23H,6-11,13,28H2,1H3,(H2,27,31)(H2,29,32). The lowest BCUT2D eigenvalue weighted by Crippen LogP contribution is -2.44. The Kier molecular flexibility index (Phi) is 4.93. The van der Waals surface area contributed by atoms with E-state index in [1.54, 1.807) is 17.2 Å². The average Bonchev–Trinajstić information content (AvgIpc) is 3.38. The Morgan fingerprint density at radius 3 is 2.66 bits per heavy atom. The van der Waals surface area contributed by atoms with Crippen molar-refractivity contribution < 1.29 is 4.79 Å². The van der Waals surface area contributed by atoms with Gasteiger partial charge in [-0.1, -0.05) is 23.8 Å². The van der Waals surface area contributed by atoms with E-state index in [0.717, 1.165) is 43.7 Å². The molecular formula is C26H30N8O. The summed E-state index contributed by atoms with van der Waals surface area (Å²) in [6, 6.07) is 10.2. The maximum Gasteiger partial charge on any atom is 0.280 e. The van der Waals surface area contributed by atoms with Crippen LogP contribution in [0.2, 0.25) is 0 Å². The van der Waals surface area contributed by atoms with Crippen molar-refractivity contribution >= 4 is 29.0 Å². The highest BCUT2D eigenvalue weighted by Gasteiger charge is 2.46. The molecular weight excluding hydrogens is 440 g/mol. The van der Waals surface area contributed by atoms with E-state index < -0.39 is 0 Å². The molecule has 1 saturated heterocycles. The van der Waals surface area contributed by atoms with Crippen molar-refractivity contribution in [3.05, 3.63) is 64.6 Å². The number of benzene rings is 1. The fourth-order valence-electron chi connectivity index (χ4n) is 5.98. The molecule has 0 saturated carbocycles. The van der Waals surface area contributed by atoms with Crippen molar-refractivity contribution in [2.24, 2.45) is 11.1 Å². The number of hydrogen-bond acceptors (Lipinski definition) is 8. The van der Waals surface area contributed by atoms with Crippen molar-refractivity contribution in [2.75, 3.05) is 40.9 Å². The maximum atomic E-state index is 13.2. The number of pyridine rings is 1. The Bertz CT molecular complexity index is 1330. The Morgan fingerprint density at radius 1 is 1.09 bits per heavy atom. The van der Waals surface area contributed by atoms with Crippen LogP contribution < -0.4 is 27.0 Å². The summed E-state index contributed by atoms with van der Waals surface area (Å²) in [6.45, 7) is 4.29. The number of rotatable bonds is 2. The monoisotopic (exact) mass is 470 g/mol. The Labute approximate surface area is 204 Å². The first kappa shape index (κ1) is 21.8. The molecule has 6 N–H and O–H groups in total. The van der Waals surface area contributed by atoms with Gasteiger partial charge in [0, 0.05) is 32.1 Å². The van der Waals surface area contributed by atoms with Gasteiger partial charge in [-0.3, -0.25) is 4.79 Å². The zero-order valence-electron chi connectivity index (χ0n) is 19.9. The molecule has 2 aliphatic heterocycles. The quantitative estimate of drug-likeness (QED) is 0.519. The molecule has 9 nitrogen and oxygen atoms in total. The molecule has 3 aromatic rings. The summed E-state index contributed by atoms with van der Waals surface area (Å²) in [7, 11) is 0. The van der Waals surface area contributed by atoms with Gasteiger partial charge in [-0.25, -0.2) is 15.0 Å². The van der Waals surface area contributed by atoms with Gasteiger partial charge in [0.25, 0.3) is 5.91 Å². The van der Waals surface area contributed by atoms with Crippen molar-refractivity contribution in [3.8, 4) is 0 Å². The molecule has 3 aliphatic rings. The summed E-state index contributed by atoms with van der Waals surface area (Å²) in [5.74, 6) is 1.02. The maximum absolute atomic E-state index is 13.2. The van der Waals surface area contributed by atoms with Gasteiger partial charge >= 0.3 is 0 Å². The largest absolute Gasteiger partial charge is 0.384 e. The number of amides is 1. The Morgan fingerprint density at radius 2 is 1.89 bits per heavy atom. The molecule has 35 heavy (non-hydrogen) atoms. The molecule has 1 aliphatic carbocycles. The van der Waals surface area contributed by atoms with E-state index in [0.29, 0.717) is 24.6 Å². The highest BCUT2D eigenvalue weighted by atomic mass is 16.2. The Balaban J connectivity index is 1.17. The average molecular weight is 471 g/mol. The van der Waals surface area contributed by atoms with Gasteiger partial charge in [-0.15, -0.1) is 0 Å². The van der Waals surface area contributed by atoms with Crippen LogP contribution in [0, 0.1) is 12.3 Å². The number of aromatic nitrogens is 3. The first-order chi connectivity index (χ1) is 16.8. The van der Waals surface area contributed by atoms with Crippen LogP contribution in [-0.4, -0.2) is 40.5 Å². The second-order valence-electron chi connectivity index (χ2n) is 10.1. The second kappa shape index (κ2) is 7.91. The van der Waals surface area contributed by atoms with E-state index >= 15 is 0 Å². The molecule has 6 rings (SSSR count). The summed E-state index contributed by atoms with van der Waals surface area (Å²) >= 11 is 0.